The molecule has 1 aromatic rings. The highest BCUT2D eigenvalue weighted by Crippen LogP contribution is 2.19. The van der Waals surface area contributed by atoms with Gasteiger partial charge in [0.05, 0.1) is 11.3 Å². The molecule has 1 fully saturated rings. The van der Waals surface area contributed by atoms with Crippen LogP contribution < -0.4 is 10.0 Å². The summed E-state index contributed by atoms with van der Waals surface area (Å²) >= 11 is 0. The van der Waals surface area contributed by atoms with E-state index in [1.54, 1.807) is 19.1 Å². The number of ether oxygens (including phenoxy) is 1. The normalized spacial score (nSPS) is 15.5. The molecule has 138 valence electrons. The van der Waals surface area contributed by atoms with Crippen molar-refractivity contribution in [1.29, 1.82) is 0 Å². The largest absolute Gasteiger partial charge is 0.453 e. The zero-order chi connectivity index (χ0) is 18.6. The lowest BCUT2D eigenvalue weighted by Gasteiger charge is -2.13. The van der Waals surface area contributed by atoms with E-state index in [2.05, 4.69) is 10.0 Å². The second kappa shape index (κ2) is 7.97. The molecule has 1 atom stereocenters. The van der Waals surface area contributed by atoms with E-state index in [9.17, 15) is 18.0 Å². The van der Waals surface area contributed by atoms with Crippen LogP contribution in [0.25, 0.3) is 0 Å². The predicted octanol–water partition coefficient (Wildman–Crippen LogP) is 1.18. The number of aryl methyl sites for hydroxylation is 2. The number of hydrogen-bond donors (Lipinski definition) is 2. The molecule has 0 saturated heterocycles. The third-order valence-electron chi connectivity index (χ3n) is 3.84. The van der Waals surface area contributed by atoms with Crippen LogP contribution in [0.1, 0.15) is 37.3 Å². The summed E-state index contributed by atoms with van der Waals surface area (Å²) in [6.07, 6.45) is 0.869. The summed E-state index contributed by atoms with van der Waals surface area (Å²) in [6.45, 7) is 5.00. The fourth-order valence-corrected chi connectivity index (χ4v) is 3.58. The van der Waals surface area contributed by atoms with Crippen molar-refractivity contribution >= 4 is 21.9 Å². The van der Waals surface area contributed by atoms with Crippen molar-refractivity contribution in [3.8, 4) is 0 Å². The molecule has 25 heavy (non-hydrogen) atoms. The Morgan fingerprint density at radius 1 is 1.28 bits per heavy atom. The summed E-state index contributed by atoms with van der Waals surface area (Å²) in [5.74, 6) is -0.950. The molecule has 2 rings (SSSR count). The van der Waals surface area contributed by atoms with E-state index >= 15 is 0 Å². The number of carbonyl (C=O) groups excluding carboxylic acids is 2. The van der Waals surface area contributed by atoms with Gasteiger partial charge in [-0.3, -0.25) is 9.59 Å². The summed E-state index contributed by atoms with van der Waals surface area (Å²) in [6, 6.07) is 5.23. The van der Waals surface area contributed by atoms with Crippen LogP contribution in [0.4, 0.5) is 0 Å². The van der Waals surface area contributed by atoms with Crippen molar-refractivity contribution in [3.05, 3.63) is 29.3 Å². The molecule has 0 aromatic heterocycles. The first-order valence-electron chi connectivity index (χ1n) is 8.26. The lowest BCUT2D eigenvalue weighted by atomic mass is 10.2. The first-order chi connectivity index (χ1) is 11.7. The van der Waals surface area contributed by atoms with Gasteiger partial charge in [0.1, 0.15) is 0 Å². The first-order valence-corrected chi connectivity index (χ1v) is 9.74. The summed E-state index contributed by atoms with van der Waals surface area (Å²) in [4.78, 5) is 23.7. The highest BCUT2D eigenvalue weighted by atomic mass is 32.2. The van der Waals surface area contributed by atoms with Crippen LogP contribution in [0.2, 0.25) is 0 Å². The molecule has 8 heteroatoms. The predicted molar refractivity (Wildman–Crippen MR) is 92.4 cm³/mol. The van der Waals surface area contributed by atoms with Gasteiger partial charge in [-0.15, -0.1) is 0 Å². The average molecular weight is 368 g/mol. The Hall–Kier alpha value is -1.93. The summed E-state index contributed by atoms with van der Waals surface area (Å²) in [5, 5.41) is 2.74. The molecular weight excluding hydrogens is 344 g/mol. The van der Waals surface area contributed by atoms with Crippen molar-refractivity contribution in [2.45, 2.75) is 57.1 Å². The van der Waals surface area contributed by atoms with Gasteiger partial charge in [-0.25, -0.2) is 13.1 Å². The van der Waals surface area contributed by atoms with Gasteiger partial charge in [-0.2, -0.15) is 0 Å². The van der Waals surface area contributed by atoms with E-state index in [1.807, 2.05) is 6.92 Å². The maximum absolute atomic E-state index is 12.3. The number of amides is 1. The van der Waals surface area contributed by atoms with Gasteiger partial charge in [0.25, 0.3) is 5.91 Å². The van der Waals surface area contributed by atoms with Gasteiger partial charge >= 0.3 is 5.97 Å². The van der Waals surface area contributed by atoms with E-state index in [1.165, 1.54) is 13.0 Å². The minimum atomic E-state index is -3.69. The minimum absolute atomic E-state index is 0.0918. The Balaban J connectivity index is 1.80. The SMILES string of the molecule is Cc1ccc(S(=O)(=O)NCCC(=O)O[C@@H](C)C(=O)NC2CC2)c(C)c1. The van der Waals surface area contributed by atoms with Crippen LogP contribution in [-0.4, -0.2) is 39.0 Å². The molecule has 1 aromatic carbocycles. The second-order valence-corrected chi connectivity index (χ2v) is 8.07. The smallest absolute Gasteiger partial charge is 0.307 e. The van der Waals surface area contributed by atoms with Crippen LogP contribution in [0, 0.1) is 13.8 Å². The number of sulfonamides is 1. The molecule has 0 unspecified atom stereocenters. The standard InChI is InChI=1S/C17H24N2O5S/c1-11-4-7-15(12(2)10-11)25(22,23)18-9-8-16(20)24-13(3)17(21)19-14-5-6-14/h4,7,10,13-14,18H,5-6,8-9H2,1-3H3,(H,19,21)/t13-/m0/s1. The molecule has 0 spiro atoms. The Labute approximate surface area is 148 Å². The molecular formula is C17H24N2O5S. The van der Waals surface area contributed by atoms with E-state index in [-0.39, 0.29) is 29.8 Å². The van der Waals surface area contributed by atoms with Crippen molar-refractivity contribution in [2.24, 2.45) is 0 Å². The monoisotopic (exact) mass is 368 g/mol. The maximum Gasteiger partial charge on any atom is 0.307 e. The van der Waals surface area contributed by atoms with Gasteiger partial charge in [0, 0.05) is 12.6 Å². The molecule has 2 N–H and O–H groups in total. The van der Waals surface area contributed by atoms with Crippen molar-refractivity contribution < 1.29 is 22.7 Å². The topological polar surface area (TPSA) is 102 Å². The van der Waals surface area contributed by atoms with E-state index in [4.69, 9.17) is 4.74 Å². The quantitative estimate of drug-likeness (QED) is 0.671. The summed E-state index contributed by atoms with van der Waals surface area (Å²) in [5.41, 5.74) is 1.61. The third kappa shape index (κ3) is 5.82. The van der Waals surface area contributed by atoms with Crippen LogP contribution in [0.15, 0.2) is 23.1 Å². The third-order valence-corrected chi connectivity index (χ3v) is 5.46. The van der Waals surface area contributed by atoms with E-state index in [0.29, 0.717) is 5.56 Å². The van der Waals surface area contributed by atoms with Crippen LogP contribution in [0.3, 0.4) is 0 Å². The van der Waals surface area contributed by atoms with Gasteiger partial charge in [0.15, 0.2) is 6.10 Å². The lowest BCUT2D eigenvalue weighted by Crippen LogP contribution is -2.37. The molecule has 1 aliphatic rings. The number of esters is 1. The van der Waals surface area contributed by atoms with Crippen molar-refractivity contribution in [1.82, 2.24) is 10.0 Å². The summed E-state index contributed by atoms with van der Waals surface area (Å²) in [7, 11) is -3.69. The molecule has 0 aliphatic heterocycles. The molecule has 7 nitrogen and oxygen atoms in total. The number of nitrogens with one attached hydrogen (secondary N) is 2. The summed E-state index contributed by atoms with van der Waals surface area (Å²) < 4.78 is 32.0. The Morgan fingerprint density at radius 3 is 2.56 bits per heavy atom. The maximum atomic E-state index is 12.3. The fourth-order valence-electron chi connectivity index (χ4n) is 2.32. The fraction of sp³-hybridized carbons (Fsp3) is 0.529. The lowest BCUT2D eigenvalue weighted by molar-refractivity contribution is -0.154. The Bertz CT molecular complexity index is 756. The Kier molecular flexibility index (Phi) is 6.18. The van der Waals surface area contributed by atoms with Gasteiger partial charge in [-0.1, -0.05) is 17.7 Å². The minimum Gasteiger partial charge on any atom is -0.453 e. The van der Waals surface area contributed by atoms with Crippen molar-refractivity contribution in [3.63, 3.8) is 0 Å². The van der Waals surface area contributed by atoms with Crippen LogP contribution in [0.5, 0.6) is 0 Å². The van der Waals surface area contributed by atoms with Gasteiger partial charge in [-0.05, 0) is 45.2 Å². The number of rotatable bonds is 8. The van der Waals surface area contributed by atoms with E-state index < -0.39 is 22.1 Å². The number of benzene rings is 1. The highest BCUT2D eigenvalue weighted by Gasteiger charge is 2.27. The zero-order valence-corrected chi connectivity index (χ0v) is 15.5. The number of hydrogen-bond acceptors (Lipinski definition) is 5. The Morgan fingerprint density at radius 2 is 1.96 bits per heavy atom. The van der Waals surface area contributed by atoms with E-state index in [0.717, 1.165) is 18.4 Å². The molecule has 0 heterocycles. The average Bonchev–Trinajstić information content (AvgIpc) is 3.30. The van der Waals surface area contributed by atoms with Crippen molar-refractivity contribution in [2.75, 3.05) is 6.54 Å². The molecule has 0 radical (unpaired) electrons. The molecule has 0 bridgehead atoms. The van der Waals surface area contributed by atoms with Gasteiger partial charge in [0.2, 0.25) is 10.0 Å². The van der Waals surface area contributed by atoms with Crippen LogP contribution in [-0.2, 0) is 24.3 Å². The molecule has 1 aliphatic carbocycles. The zero-order valence-electron chi connectivity index (χ0n) is 14.7. The van der Waals surface area contributed by atoms with Crippen LogP contribution >= 0.6 is 0 Å². The van der Waals surface area contributed by atoms with Gasteiger partial charge < -0.3 is 10.1 Å². The second-order valence-electron chi connectivity index (χ2n) is 6.33. The first kappa shape index (κ1) is 19.4. The highest BCUT2D eigenvalue weighted by molar-refractivity contribution is 7.89. The number of carbonyl (C=O) groups is 2. The molecule has 1 saturated carbocycles. The molecule has 1 amide bonds.